The van der Waals surface area contributed by atoms with Crippen LogP contribution < -0.4 is 5.32 Å². The highest BCUT2D eigenvalue weighted by Gasteiger charge is 2.27. The van der Waals surface area contributed by atoms with E-state index in [4.69, 9.17) is 0 Å². The second-order valence-corrected chi connectivity index (χ2v) is 9.59. The highest BCUT2D eigenvalue weighted by molar-refractivity contribution is 7.89. The zero-order valence-electron chi connectivity index (χ0n) is 14.7. The molecule has 8 heteroatoms. The fourth-order valence-electron chi connectivity index (χ4n) is 3.23. The Morgan fingerprint density at radius 1 is 1.15 bits per heavy atom. The number of nitrogens with one attached hydrogen (secondary N) is 1. The molecule has 1 aliphatic heterocycles. The summed E-state index contributed by atoms with van der Waals surface area (Å²) < 4.78 is 27.1. The highest BCUT2D eigenvalue weighted by atomic mass is 32.2. The number of nitrogens with zero attached hydrogens (tertiary/aromatic N) is 3. The van der Waals surface area contributed by atoms with E-state index in [0.29, 0.717) is 29.5 Å². The van der Waals surface area contributed by atoms with Crippen LogP contribution in [0.3, 0.4) is 0 Å². The second-order valence-electron chi connectivity index (χ2n) is 6.45. The first kappa shape index (κ1) is 17.4. The molecule has 26 heavy (non-hydrogen) atoms. The van der Waals surface area contributed by atoms with Crippen molar-refractivity contribution in [3.05, 3.63) is 41.0 Å². The van der Waals surface area contributed by atoms with Gasteiger partial charge in [0.15, 0.2) is 0 Å². The van der Waals surface area contributed by atoms with E-state index in [-0.39, 0.29) is 0 Å². The van der Waals surface area contributed by atoms with E-state index in [9.17, 15) is 8.42 Å². The molecule has 1 saturated heterocycles. The molecule has 6 nitrogen and oxygen atoms in total. The number of sulfonamides is 1. The van der Waals surface area contributed by atoms with Gasteiger partial charge in [-0.05, 0) is 50.5 Å². The molecule has 136 valence electrons. The van der Waals surface area contributed by atoms with E-state index in [1.807, 2.05) is 6.07 Å². The van der Waals surface area contributed by atoms with Crippen molar-refractivity contribution < 1.29 is 8.42 Å². The van der Waals surface area contributed by atoms with E-state index >= 15 is 0 Å². The van der Waals surface area contributed by atoms with Crippen LogP contribution in [0.4, 0.5) is 11.5 Å². The van der Waals surface area contributed by atoms with Crippen molar-refractivity contribution in [1.82, 2.24) is 14.3 Å². The van der Waals surface area contributed by atoms with Gasteiger partial charge >= 0.3 is 0 Å². The molecule has 4 rings (SSSR count). The lowest BCUT2D eigenvalue weighted by atomic mass is 10.2. The summed E-state index contributed by atoms with van der Waals surface area (Å²) in [4.78, 5) is 11.2. The molecule has 0 aliphatic carbocycles. The third kappa shape index (κ3) is 2.98. The van der Waals surface area contributed by atoms with Gasteiger partial charge in [0.2, 0.25) is 10.0 Å². The Bertz CT molecular complexity index is 1070. The Morgan fingerprint density at radius 2 is 1.92 bits per heavy atom. The topological polar surface area (TPSA) is 75.2 Å². The smallest absolute Gasteiger partial charge is 0.243 e. The van der Waals surface area contributed by atoms with Gasteiger partial charge in [0.05, 0.1) is 10.3 Å². The Morgan fingerprint density at radius 3 is 2.69 bits per heavy atom. The quantitative estimate of drug-likeness (QED) is 0.735. The standard InChI is InChI=1S/C18H20N4O2S2/c1-12-13(2)25-18-16(12)17(19-11-20-18)21-14-6-5-7-15(10-14)26(23,24)22-8-3-4-9-22/h5-7,10-11H,3-4,8-9H2,1-2H3,(H,19,20,21). The Labute approximate surface area is 157 Å². The summed E-state index contributed by atoms with van der Waals surface area (Å²) in [7, 11) is -3.44. The predicted octanol–water partition coefficient (Wildman–Crippen LogP) is 3.84. The number of aryl methyl sites for hydroxylation is 2. The molecule has 3 heterocycles. The average Bonchev–Trinajstić information content (AvgIpc) is 3.25. The molecular weight excluding hydrogens is 368 g/mol. The van der Waals surface area contributed by atoms with Gasteiger partial charge in [0.25, 0.3) is 0 Å². The summed E-state index contributed by atoms with van der Waals surface area (Å²) in [6.45, 7) is 5.31. The molecule has 1 aromatic carbocycles. The van der Waals surface area contributed by atoms with Gasteiger partial charge in [-0.25, -0.2) is 18.4 Å². The van der Waals surface area contributed by atoms with Gasteiger partial charge in [-0.2, -0.15) is 4.31 Å². The van der Waals surface area contributed by atoms with Gasteiger partial charge in [-0.1, -0.05) is 6.07 Å². The number of aromatic nitrogens is 2. The molecule has 0 spiro atoms. The molecule has 0 saturated carbocycles. The van der Waals surface area contributed by atoms with Gasteiger partial charge in [0, 0.05) is 23.7 Å². The first-order valence-electron chi connectivity index (χ1n) is 8.55. The van der Waals surface area contributed by atoms with Gasteiger partial charge in [-0.3, -0.25) is 0 Å². The van der Waals surface area contributed by atoms with Crippen molar-refractivity contribution in [2.75, 3.05) is 18.4 Å². The van der Waals surface area contributed by atoms with Crippen molar-refractivity contribution in [1.29, 1.82) is 0 Å². The van der Waals surface area contributed by atoms with Gasteiger partial charge < -0.3 is 5.32 Å². The molecule has 0 radical (unpaired) electrons. The monoisotopic (exact) mass is 388 g/mol. The molecule has 0 bridgehead atoms. The molecule has 1 fully saturated rings. The lowest BCUT2D eigenvalue weighted by Gasteiger charge is -2.16. The largest absolute Gasteiger partial charge is 0.340 e. The molecule has 2 aromatic heterocycles. The van der Waals surface area contributed by atoms with Crippen LogP contribution in [0.2, 0.25) is 0 Å². The maximum Gasteiger partial charge on any atom is 0.243 e. The predicted molar refractivity (Wildman–Crippen MR) is 105 cm³/mol. The van der Waals surface area contributed by atoms with Crippen LogP contribution in [0.1, 0.15) is 23.3 Å². The number of hydrogen-bond acceptors (Lipinski definition) is 6. The van der Waals surface area contributed by atoms with Crippen molar-refractivity contribution >= 4 is 43.1 Å². The maximum absolute atomic E-state index is 12.8. The van der Waals surface area contributed by atoms with E-state index in [0.717, 1.165) is 28.6 Å². The van der Waals surface area contributed by atoms with E-state index in [1.54, 1.807) is 33.8 Å². The molecular formula is C18H20N4O2S2. The molecule has 1 aliphatic rings. The molecule has 3 aromatic rings. The number of rotatable bonds is 4. The third-order valence-corrected chi connectivity index (χ3v) is 7.77. The summed E-state index contributed by atoms with van der Waals surface area (Å²) in [6.07, 6.45) is 3.38. The van der Waals surface area contributed by atoms with Gasteiger partial charge in [-0.15, -0.1) is 11.3 Å². The Kier molecular flexibility index (Phi) is 4.42. The summed E-state index contributed by atoms with van der Waals surface area (Å²) in [5, 5.41) is 4.27. The summed E-state index contributed by atoms with van der Waals surface area (Å²) >= 11 is 1.63. The fraction of sp³-hybridized carbons (Fsp3) is 0.333. The van der Waals surface area contributed by atoms with Crippen molar-refractivity contribution in [3.8, 4) is 0 Å². The number of thiophene rings is 1. The van der Waals surface area contributed by atoms with Crippen molar-refractivity contribution in [2.24, 2.45) is 0 Å². The minimum atomic E-state index is -3.44. The molecule has 1 N–H and O–H groups in total. The maximum atomic E-state index is 12.8. The lowest BCUT2D eigenvalue weighted by molar-refractivity contribution is 0.477. The first-order chi connectivity index (χ1) is 12.5. The Balaban J connectivity index is 1.70. The first-order valence-corrected chi connectivity index (χ1v) is 10.8. The highest BCUT2D eigenvalue weighted by Crippen LogP contribution is 2.34. The summed E-state index contributed by atoms with van der Waals surface area (Å²) in [5.74, 6) is 0.701. The van der Waals surface area contributed by atoms with Crippen LogP contribution in [0, 0.1) is 13.8 Å². The number of benzene rings is 1. The fourth-order valence-corrected chi connectivity index (χ4v) is 5.79. The van der Waals surface area contributed by atoms with Crippen LogP contribution >= 0.6 is 11.3 Å². The zero-order valence-corrected chi connectivity index (χ0v) is 16.3. The van der Waals surface area contributed by atoms with Crippen LogP contribution in [-0.4, -0.2) is 35.8 Å². The Hall–Kier alpha value is -2.03. The van der Waals surface area contributed by atoms with Crippen LogP contribution in [-0.2, 0) is 10.0 Å². The van der Waals surface area contributed by atoms with Crippen molar-refractivity contribution in [3.63, 3.8) is 0 Å². The molecule has 0 amide bonds. The van der Waals surface area contributed by atoms with Crippen LogP contribution in [0.25, 0.3) is 10.2 Å². The normalized spacial score (nSPS) is 15.6. The second kappa shape index (κ2) is 6.61. The number of fused-ring (bicyclic) bond motifs is 1. The number of hydrogen-bond donors (Lipinski definition) is 1. The summed E-state index contributed by atoms with van der Waals surface area (Å²) in [5.41, 5.74) is 1.85. The molecule has 0 unspecified atom stereocenters. The minimum Gasteiger partial charge on any atom is -0.340 e. The lowest BCUT2D eigenvalue weighted by Crippen LogP contribution is -2.27. The molecule has 0 atom stereocenters. The van der Waals surface area contributed by atoms with Crippen LogP contribution in [0.15, 0.2) is 35.5 Å². The summed E-state index contributed by atoms with van der Waals surface area (Å²) in [6, 6.07) is 6.94. The van der Waals surface area contributed by atoms with E-state index in [2.05, 4.69) is 29.1 Å². The van der Waals surface area contributed by atoms with E-state index in [1.165, 1.54) is 11.2 Å². The third-order valence-electron chi connectivity index (χ3n) is 4.76. The van der Waals surface area contributed by atoms with E-state index < -0.39 is 10.0 Å². The van der Waals surface area contributed by atoms with Crippen molar-refractivity contribution in [2.45, 2.75) is 31.6 Å². The number of anilines is 2. The average molecular weight is 389 g/mol. The van der Waals surface area contributed by atoms with Crippen LogP contribution in [0.5, 0.6) is 0 Å². The van der Waals surface area contributed by atoms with Gasteiger partial charge in [0.1, 0.15) is 17.0 Å². The zero-order chi connectivity index (χ0) is 18.3. The SMILES string of the molecule is Cc1sc2ncnc(Nc3cccc(S(=O)(=O)N4CCCC4)c3)c2c1C. The minimum absolute atomic E-state index is 0.313.